The topological polar surface area (TPSA) is 233 Å². The third-order valence-corrected chi connectivity index (χ3v) is 13.3. The van der Waals surface area contributed by atoms with E-state index in [9.17, 15) is 28.8 Å². The van der Waals surface area contributed by atoms with E-state index in [0.717, 1.165) is 10.5 Å². The molecule has 2 unspecified atom stereocenters. The molecule has 0 spiro atoms. The van der Waals surface area contributed by atoms with Gasteiger partial charge in [-0.25, -0.2) is 21.0 Å². The summed E-state index contributed by atoms with van der Waals surface area (Å²) in [5.74, 6) is -1.81. The number of allylic oxidation sites excluding steroid dienone is 2. The van der Waals surface area contributed by atoms with Crippen molar-refractivity contribution in [1.29, 1.82) is 21.0 Å². The summed E-state index contributed by atoms with van der Waals surface area (Å²) in [7, 11) is 0. The number of anilines is 4. The number of benzene rings is 4. The Bertz CT molecular complexity index is 3070. The van der Waals surface area contributed by atoms with Gasteiger partial charge in [0, 0.05) is 162 Å². The van der Waals surface area contributed by atoms with Gasteiger partial charge in [-0.3, -0.25) is 43.5 Å². The minimum absolute atomic E-state index is 0. The van der Waals surface area contributed by atoms with Crippen LogP contribution in [0, 0.1) is 125 Å². The zero-order valence-corrected chi connectivity index (χ0v) is 55.7. The van der Waals surface area contributed by atoms with Crippen LogP contribution in [0.2, 0.25) is 0 Å². The van der Waals surface area contributed by atoms with Gasteiger partial charge in [0.1, 0.15) is 0 Å². The first-order valence-corrected chi connectivity index (χ1v) is 22.5. The predicted octanol–water partition coefficient (Wildman–Crippen LogP) is 9.10. The summed E-state index contributed by atoms with van der Waals surface area (Å²) in [6, 6.07) is 32.9. The van der Waals surface area contributed by atoms with Crippen molar-refractivity contribution >= 4 is 58.2 Å². The van der Waals surface area contributed by atoms with Crippen molar-refractivity contribution in [3.63, 3.8) is 0 Å². The van der Waals surface area contributed by atoms with Crippen molar-refractivity contribution in [2.45, 2.75) is 95.4 Å². The van der Waals surface area contributed by atoms with Crippen molar-refractivity contribution in [1.82, 2.24) is 0 Å². The molecule has 4 aromatic carbocycles. The number of nitrogens with two attached hydrogens (primary N) is 1. The fourth-order valence-electron chi connectivity index (χ4n) is 8.22. The summed E-state index contributed by atoms with van der Waals surface area (Å²) in [5, 5.41) is 35.3. The van der Waals surface area contributed by atoms with Crippen LogP contribution in [0.1, 0.15) is 112 Å². The zero-order chi connectivity index (χ0) is 53.6. The molecule has 7 rings (SSSR count). The first-order valence-electron chi connectivity index (χ1n) is 22.5. The molecule has 2 N–H and O–H groups in total. The Hall–Kier alpha value is -4.04. The minimum atomic E-state index is -0.832. The van der Waals surface area contributed by atoms with Gasteiger partial charge in [-0.05, 0) is 33.6 Å². The number of aryl methyl sites for hydroxylation is 4. The molecule has 3 fully saturated rings. The van der Waals surface area contributed by atoms with Crippen LogP contribution in [0.3, 0.4) is 0 Å². The molecule has 376 valence electrons. The van der Waals surface area contributed by atoms with Crippen molar-refractivity contribution in [2.24, 2.45) is 27.6 Å². The van der Waals surface area contributed by atoms with E-state index in [1.165, 1.54) is 9.80 Å². The molecule has 0 aliphatic carbocycles. The third-order valence-electron chi connectivity index (χ3n) is 13.3. The summed E-state index contributed by atoms with van der Waals surface area (Å²) in [6.07, 6.45) is 4.43. The number of carbonyl (C=O) groups excluding carboxylic acids is 6. The molecule has 4 radical (unpaired) electrons. The monoisotopic (exact) mass is 1300 g/mol. The number of carbonyl (C=O) groups is 6. The van der Waals surface area contributed by atoms with Crippen molar-refractivity contribution < 1.29 is 160 Å². The molecule has 3 aliphatic rings. The molecule has 18 heteroatoms. The SMILES string of the molecule is C=CCC1(C)C(=O)N(c2[c-]c(C)c(C#N)cc2)C(=O)C1(C)C.C=CCC1C(=O)N(c2[c-]c(C)c(C#N)cc2)C(=O)C1(C)C.Cc1[c-]c(N)ccc1C#N.Cc1[c-]c(N2C(=O)CC(C)(C)C2=O)ccc1C#N.[Y].[Y].[Y].[Y]. The number of nitrogen functional groups attached to an aromatic ring is 1. The van der Waals surface area contributed by atoms with E-state index in [0.29, 0.717) is 74.5 Å². The smallest absolute Gasteiger partial charge is 0.239 e. The normalized spacial score (nSPS) is 18.1. The van der Waals surface area contributed by atoms with Gasteiger partial charge in [0.05, 0.1) is 27.6 Å². The number of imide groups is 3. The largest absolute Gasteiger partial charge is 0.420 e. The molecule has 0 saturated carbocycles. The second kappa shape index (κ2) is 29.1. The number of rotatable bonds is 7. The average Bonchev–Trinajstić information content (AvgIpc) is 3.68. The molecule has 0 bridgehead atoms. The summed E-state index contributed by atoms with van der Waals surface area (Å²) >= 11 is 0. The Morgan fingerprint density at radius 2 is 0.947 bits per heavy atom. The molecule has 2 atom stereocenters. The summed E-state index contributed by atoms with van der Waals surface area (Å²) in [6.45, 7) is 26.8. The molecule has 6 amide bonds. The van der Waals surface area contributed by atoms with E-state index in [4.69, 9.17) is 26.8 Å². The second-order valence-corrected chi connectivity index (χ2v) is 19.3. The summed E-state index contributed by atoms with van der Waals surface area (Å²) in [4.78, 5) is 78.3. The van der Waals surface area contributed by atoms with Crippen LogP contribution < -0.4 is 20.4 Å². The van der Waals surface area contributed by atoms with Gasteiger partial charge in [0.25, 0.3) is 0 Å². The number of hydrogen-bond donors (Lipinski definition) is 1. The van der Waals surface area contributed by atoms with E-state index in [2.05, 4.69) is 43.5 Å². The fraction of sp³-hybridized carbons (Fsp3) is 0.333. The van der Waals surface area contributed by atoms with Gasteiger partial charge in [0.15, 0.2) is 0 Å². The second-order valence-electron chi connectivity index (χ2n) is 19.3. The Balaban J connectivity index is 0.000000983. The van der Waals surface area contributed by atoms with Crippen molar-refractivity contribution in [2.75, 3.05) is 20.4 Å². The third kappa shape index (κ3) is 15.0. The zero-order valence-electron chi connectivity index (χ0n) is 44.4. The van der Waals surface area contributed by atoms with E-state index in [1.807, 2.05) is 25.1 Å². The Morgan fingerprint density at radius 1 is 0.560 bits per heavy atom. The average molecular weight is 1300 g/mol. The van der Waals surface area contributed by atoms with Gasteiger partial charge >= 0.3 is 0 Å². The van der Waals surface area contributed by atoms with Crippen LogP contribution >= 0.6 is 0 Å². The summed E-state index contributed by atoms with van der Waals surface area (Å²) in [5.41, 5.74) is 8.93. The maximum atomic E-state index is 12.9. The number of nitriles is 4. The molecule has 75 heavy (non-hydrogen) atoms. The van der Waals surface area contributed by atoms with Gasteiger partial charge in [-0.15, -0.1) is 59.7 Å². The Morgan fingerprint density at radius 3 is 1.29 bits per heavy atom. The van der Waals surface area contributed by atoms with E-state index >= 15 is 0 Å². The van der Waals surface area contributed by atoms with Crippen LogP contribution in [-0.4, -0.2) is 35.4 Å². The molecule has 0 aromatic heterocycles. The molecule has 4 aromatic rings. The van der Waals surface area contributed by atoms with Crippen molar-refractivity contribution in [3.8, 4) is 24.3 Å². The summed E-state index contributed by atoms with van der Waals surface area (Å²) < 4.78 is 0. The number of hydrogen-bond acceptors (Lipinski definition) is 11. The molecule has 14 nitrogen and oxygen atoms in total. The Labute approximate surface area is 542 Å². The molecule has 3 saturated heterocycles. The fourth-order valence-corrected chi connectivity index (χ4v) is 8.22. The van der Waals surface area contributed by atoms with Crippen LogP contribution in [0.15, 0.2) is 73.8 Å². The molecular weight excluding hydrogens is 1250 g/mol. The first kappa shape index (κ1) is 71.0. The molecule has 3 heterocycles. The Kier molecular flexibility index (Phi) is 27.5. The van der Waals surface area contributed by atoms with Crippen LogP contribution in [0.25, 0.3) is 0 Å². The number of amides is 6. The quantitative estimate of drug-likeness (QED) is 0.0793. The predicted molar refractivity (Wildman–Crippen MR) is 268 cm³/mol. The maximum absolute atomic E-state index is 12.9. The van der Waals surface area contributed by atoms with Gasteiger partial charge < -0.3 is 5.73 Å². The van der Waals surface area contributed by atoms with E-state index < -0.39 is 27.6 Å². The van der Waals surface area contributed by atoms with Crippen LogP contribution in [0.4, 0.5) is 22.7 Å². The van der Waals surface area contributed by atoms with Gasteiger partial charge in [0.2, 0.25) is 35.4 Å². The standard InChI is InChI=1S/C18H19N2O2.C17H17N2O2.C14H13N2O2.C8H7N2.4Y/c1-6-9-18(5)16(22)20(15(21)17(18,3)4)14-8-7-13(11-19)12(2)10-14;1-5-6-14-15(20)19(16(21)17(14,3)4)13-8-7-12(10-18)11(2)9-13;1-9-6-11(5-4-10(9)8-15)16-12(17)7-14(2,3)13(16)18;1-6-4-8(10)3-2-7(6)5-9;;;;/h6-8H,1,9H2,2-5H3;5,7-8,14H,1,6H2,2-4H3;4-5H,7H2,1-3H3;2-3H,10H2,1H3;;;;/q4*-1;;;;. The van der Waals surface area contributed by atoms with Crippen LogP contribution in [-0.2, 0) is 160 Å². The van der Waals surface area contributed by atoms with Crippen LogP contribution in [0.5, 0.6) is 0 Å². The van der Waals surface area contributed by atoms with Gasteiger partial charge in [-0.1, -0.05) is 113 Å². The van der Waals surface area contributed by atoms with E-state index in [-0.39, 0.29) is 173 Å². The minimum Gasteiger partial charge on any atom is -0.420 e. The van der Waals surface area contributed by atoms with Crippen molar-refractivity contribution in [3.05, 3.63) is 143 Å². The maximum Gasteiger partial charge on any atom is 0.239 e. The first-order chi connectivity index (χ1) is 33.1. The van der Waals surface area contributed by atoms with Gasteiger partial charge in [-0.2, -0.15) is 48.5 Å². The van der Waals surface area contributed by atoms with E-state index in [1.54, 1.807) is 130 Å². The number of nitrogens with zero attached hydrogens (tertiary/aromatic N) is 7. The molecule has 3 aliphatic heterocycles. The molecular formula is C57H56N8O6Y4-4.